The Morgan fingerprint density at radius 3 is 1.96 bits per heavy atom. The summed E-state index contributed by atoms with van der Waals surface area (Å²) in [4.78, 5) is 18.9. The quantitative estimate of drug-likeness (QED) is 0.819. The van der Waals surface area contributed by atoms with E-state index in [4.69, 9.17) is 0 Å². The molecule has 0 unspecified atom stereocenters. The monoisotopic (exact) mass is 353 g/mol. The standard InChI is InChI=1S/C18H23N7O/c1-14-4-6-16(21-19-14)24-10-12-25(13-11-24)18(26)15-5-7-17(22-20-15)23-8-2-3-9-23/h4-7H,2-3,8-13H2,1H3. The third kappa shape index (κ3) is 3.44. The van der Waals surface area contributed by atoms with Crippen LogP contribution in [-0.4, -0.2) is 70.5 Å². The summed E-state index contributed by atoms with van der Waals surface area (Å²) in [6, 6.07) is 7.63. The van der Waals surface area contributed by atoms with Gasteiger partial charge in [0.25, 0.3) is 5.91 Å². The third-order valence-electron chi connectivity index (χ3n) is 4.97. The predicted octanol–water partition coefficient (Wildman–Crippen LogP) is 1.14. The van der Waals surface area contributed by atoms with E-state index in [1.807, 2.05) is 30.0 Å². The summed E-state index contributed by atoms with van der Waals surface area (Å²) in [6.45, 7) is 6.72. The van der Waals surface area contributed by atoms with Gasteiger partial charge in [0.05, 0.1) is 5.69 Å². The van der Waals surface area contributed by atoms with Gasteiger partial charge < -0.3 is 14.7 Å². The van der Waals surface area contributed by atoms with Crippen molar-refractivity contribution >= 4 is 17.5 Å². The zero-order valence-corrected chi connectivity index (χ0v) is 15.0. The number of amides is 1. The Bertz CT molecular complexity index is 748. The number of aryl methyl sites for hydroxylation is 1. The summed E-state index contributed by atoms with van der Waals surface area (Å²) in [6.07, 6.45) is 2.38. The molecular weight excluding hydrogens is 330 g/mol. The summed E-state index contributed by atoms with van der Waals surface area (Å²) in [5.74, 6) is 1.67. The van der Waals surface area contributed by atoms with Crippen LogP contribution in [0.3, 0.4) is 0 Å². The zero-order chi connectivity index (χ0) is 17.9. The van der Waals surface area contributed by atoms with E-state index in [0.717, 1.165) is 43.5 Å². The van der Waals surface area contributed by atoms with Crippen molar-refractivity contribution in [3.8, 4) is 0 Å². The van der Waals surface area contributed by atoms with Crippen LogP contribution in [0.5, 0.6) is 0 Å². The maximum Gasteiger partial charge on any atom is 0.274 e. The Morgan fingerprint density at radius 1 is 0.769 bits per heavy atom. The van der Waals surface area contributed by atoms with Gasteiger partial charge in [0.2, 0.25) is 0 Å². The lowest BCUT2D eigenvalue weighted by molar-refractivity contribution is 0.0739. The number of nitrogens with zero attached hydrogens (tertiary/aromatic N) is 7. The van der Waals surface area contributed by atoms with Gasteiger partial charge in [0, 0.05) is 39.3 Å². The zero-order valence-electron chi connectivity index (χ0n) is 15.0. The van der Waals surface area contributed by atoms with Crippen molar-refractivity contribution in [2.75, 3.05) is 49.1 Å². The Hall–Kier alpha value is -2.77. The highest BCUT2D eigenvalue weighted by atomic mass is 16.2. The number of anilines is 2. The second kappa shape index (κ2) is 7.23. The van der Waals surface area contributed by atoms with Crippen molar-refractivity contribution in [2.24, 2.45) is 0 Å². The smallest absolute Gasteiger partial charge is 0.274 e. The lowest BCUT2D eigenvalue weighted by Gasteiger charge is -2.34. The van der Waals surface area contributed by atoms with Crippen LogP contribution in [-0.2, 0) is 0 Å². The molecule has 2 aliphatic rings. The largest absolute Gasteiger partial charge is 0.355 e. The van der Waals surface area contributed by atoms with E-state index in [0.29, 0.717) is 18.8 Å². The van der Waals surface area contributed by atoms with Crippen LogP contribution in [0, 0.1) is 6.92 Å². The van der Waals surface area contributed by atoms with Gasteiger partial charge in [-0.15, -0.1) is 15.3 Å². The van der Waals surface area contributed by atoms with Crippen LogP contribution < -0.4 is 9.80 Å². The lowest BCUT2D eigenvalue weighted by Crippen LogP contribution is -2.49. The molecule has 0 spiro atoms. The molecule has 0 radical (unpaired) electrons. The fraction of sp³-hybridized carbons (Fsp3) is 0.500. The van der Waals surface area contributed by atoms with Crippen molar-refractivity contribution in [2.45, 2.75) is 19.8 Å². The Kier molecular flexibility index (Phi) is 4.64. The number of carbonyl (C=O) groups is 1. The second-order valence-corrected chi connectivity index (χ2v) is 6.78. The first kappa shape index (κ1) is 16.7. The van der Waals surface area contributed by atoms with Crippen LogP contribution in [0.2, 0.25) is 0 Å². The SMILES string of the molecule is Cc1ccc(N2CCN(C(=O)c3ccc(N4CCCC4)nn3)CC2)nn1. The van der Waals surface area contributed by atoms with Crippen molar-refractivity contribution in [3.63, 3.8) is 0 Å². The fourth-order valence-electron chi connectivity index (χ4n) is 3.42. The number of carbonyl (C=O) groups excluding carboxylic acids is 1. The normalized spacial score (nSPS) is 17.7. The van der Waals surface area contributed by atoms with E-state index in [1.54, 1.807) is 6.07 Å². The molecule has 2 fully saturated rings. The molecule has 8 nitrogen and oxygen atoms in total. The number of rotatable bonds is 3. The fourth-order valence-corrected chi connectivity index (χ4v) is 3.42. The van der Waals surface area contributed by atoms with E-state index in [-0.39, 0.29) is 5.91 Å². The molecule has 2 aromatic rings. The third-order valence-corrected chi connectivity index (χ3v) is 4.97. The van der Waals surface area contributed by atoms with Crippen molar-refractivity contribution < 1.29 is 4.79 Å². The maximum absolute atomic E-state index is 12.7. The van der Waals surface area contributed by atoms with E-state index >= 15 is 0 Å². The van der Waals surface area contributed by atoms with Crippen LogP contribution in [0.4, 0.5) is 11.6 Å². The summed E-state index contributed by atoms with van der Waals surface area (Å²) in [5.41, 5.74) is 1.31. The van der Waals surface area contributed by atoms with Crippen LogP contribution in [0.15, 0.2) is 24.3 Å². The maximum atomic E-state index is 12.7. The first-order valence-electron chi connectivity index (χ1n) is 9.14. The van der Waals surface area contributed by atoms with Crippen molar-refractivity contribution in [1.29, 1.82) is 0 Å². The molecule has 2 saturated heterocycles. The average molecular weight is 353 g/mol. The highest BCUT2D eigenvalue weighted by Crippen LogP contribution is 2.18. The van der Waals surface area contributed by atoms with Gasteiger partial charge in [-0.2, -0.15) is 5.10 Å². The molecule has 8 heteroatoms. The van der Waals surface area contributed by atoms with Gasteiger partial charge >= 0.3 is 0 Å². The van der Waals surface area contributed by atoms with Gasteiger partial charge in [-0.05, 0) is 44.0 Å². The van der Waals surface area contributed by atoms with E-state index in [9.17, 15) is 4.79 Å². The van der Waals surface area contributed by atoms with Gasteiger partial charge in [-0.3, -0.25) is 4.79 Å². The molecule has 0 N–H and O–H groups in total. The molecule has 2 aromatic heterocycles. The van der Waals surface area contributed by atoms with Gasteiger partial charge in [-0.1, -0.05) is 0 Å². The summed E-state index contributed by atoms with van der Waals surface area (Å²) >= 11 is 0. The number of piperazine rings is 1. The number of hydrogen-bond donors (Lipinski definition) is 0. The van der Waals surface area contributed by atoms with Gasteiger partial charge in [-0.25, -0.2) is 0 Å². The first-order chi connectivity index (χ1) is 12.7. The summed E-state index contributed by atoms with van der Waals surface area (Å²) < 4.78 is 0. The molecule has 0 atom stereocenters. The second-order valence-electron chi connectivity index (χ2n) is 6.78. The van der Waals surface area contributed by atoms with Crippen LogP contribution >= 0.6 is 0 Å². The van der Waals surface area contributed by atoms with E-state index < -0.39 is 0 Å². The van der Waals surface area contributed by atoms with Crippen LogP contribution in [0.25, 0.3) is 0 Å². The minimum absolute atomic E-state index is 0.0555. The molecule has 26 heavy (non-hydrogen) atoms. The van der Waals surface area contributed by atoms with Gasteiger partial charge in [0.15, 0.2) is 17.3 Å². The number of aromatic nitrogens is 4. The van der Waals surface area contributed by atoms with Crippen molar-refractivity contribution in [1.82, 2.24) is 25.3 Å². The minimum Gasteiger partial charge on any atom is -0.355 e. The van der Waals surface area contributed by atoms with E-state index in [2.05, 4.69) is 30.2 Å². The van der Waals surface area contributed by atoms with Crippen LogP contribution in [0.1, 0.15) is 29.0 Å². The Morgan fingerprint density at radius 2 is 1.38 bits per heavy atom. The van der Waals surface area contributed by atoms with E-state index in [1.165, 1.54) is 12.8 Å². The summed E-state index contributed by atoms with van der Waals surface area (Å²) in [5, 5.41) is 16.7. The van der Waals surface area contributed by atoms with Crippen molar-refractivity contribution in [3.05, 3.63) is 35.7 Å². The average Bonchev–Trinajstić information content (AvgIpc) is 3.23. The number of hydrogen-bond acceptors (Lipinski definition) is 7. The molecule has 4 rings (SSSR count). The molecule has 1 amide bonds. The molecular formula is C18H23N7O. The minimum atomic E-state index is -0.0555. The molecule has 0 saturated carbocycles. The van der Waals surface area contributed by atoms with Gasteiger partial charge in [0.1, 0.15) is 0 Å². The molecule has 4 heterocycles. The molecule has 0 bridgehead atoms. The Labute approximate surface area is 152 Å². The summed E-state index contributed by atoms with van der Waals surface area (Å²) in [7, 11) is 0. The highest BCUT2D eigenvalue weighted by Gasteiger charge is 2.24. The molecule has 136 valence electrons. The first-order valence-corrected chi connectivity index (χ1v) is 9.14. The molecule has 0 aliphatic carbocycles. The Balaban J connectivity index is 1.36. The lowest BCUT2D eigenvalue weighted by atomic mass is 10.2. The predicted molar refractivity (Wildman–Crippen MR) is 98.4 cm³/mol. The molecule has 2 aliphatic heterocycles. The molecule has 0 aromatic carbocycles. The topological polar surface area (TPSA) is 78.4 Å². The highest BCUT2D eigenvalue weighted by molar-refractivity contribution is 5.92.